The van der Waals surface area contributed by atoms with E-state index in [-0.39, 0.29) is 5.41 Å². The highest BCUT2D eigenvalue weighted by molar-refractivity contribution is 6.06. The lowest BCUT2D eigenvalue weighted by molar-refractivity contribution is -0.101. The lowest BCUT2D eigenvalue weighted by Crippen LogP contribution is -2.66. The van der Waals surface area contributed by atoms with Gasteiger partial charge in [0.2, 0.25) is 5.91 Å². The van der Waals surface area contributed by atoms with E-state index in [1.54, 1.807) is 0 Å². The number of primary amides is 1. The second kappa shape index (κ2) is 5.18. The quantitative estimate of drug-likeness (QED) is 0.942. The monoisotopic (exact) mass is 325 g/mol. The fraction of sp³-hybridized carbons (Fsp3) is 0.474. The lowest BCUT2D eigenvalue weighted by atomic mass is 9.57. The standard InChI is InChI=1S/C19H23N3O2/c1-19(2)16(12-8-9-24-17(12)19)22(3)15-10-13(18(20)23)11-6-4-5-7-14(11)21-15/h4-7,10,12,16-17H,8-9H2,1-3H3,(H2,20,23)/t12-,16-,17+/m1/s1. The first kappa shape index (κ1) is 15.4. The summed E-state index contributed by atoms with van der Waals surface area (Å²) in [7, 11) is 2.06. The van der Waals surface area contributed by atoms with Crippen molar-refractivity contribution in [1.82, 2.24) is 4.98 Å². The molecule has 1 aliphatic heterocycles. The van der Waals surface area contributed by atoms with Gasteiger partial charge in [0.05, 0.1) is 17.2 Å². The zero-order valence-corrected chi connectivity index (χ0v) is 14.3. The number of hydrogen-bond acceptors (Lipinski definition) is 4. The molecule has 1 aliphatic carbocycles. The molecule has 3 atom stereocenters. The van der Waals surface area contributed by atoms with Crippen molar-refractivity contribution in [3.05, 3.63) is 35.9 Å². The Kier molecular flexibility index (Phi) is 3.32. The molecule has 1 saturated heterocycles. The van der Waals surface area contributed by atoms with Gasteiger partial charge in [0.15, 0.2) is 0 Å². The maximum Gasteiger partial charge on any atom is 0.249 e. The molecule has 2 heterocycles. The van der Waals surface area contributed by atoms with Crippen molar-refractivity contribution in [3.8, 4) is 0 Å². The normalized spacial score (nSPS) is 27.5. The second-order valence-corrected chi connectivity index (χ2v) is 7.53. The van der Waals surface area contributed by atoms with Gasteiger partial charge in [-0.2, -0.15) is 0 Å². The molecule has 2 aliphatic rings. The summed E-state index contributed by atoms with van der Waals surface area (Å²) >= 11 is 0. The Morgan fingerprint density at radius 2 is 2.12 bits per heavy atom. The molecular formula is C19H23N3O2. The molecule has 1 aromatic heterocycles. The topological polar surface area (TPSA) is 68.5 Å². The summed E-state index contributed by atoms with van der Waals surface area (Å²) < 4.78 is 5.89. The summed E-state index contributed by atoms with van der Waals surface area (Å²) in [6.07, 6.45) is 1.40. The van der Waals surface area contributed by atoms with Crippen molar-refractivity contribution >= 4 is 22.6 Å². The van der Waals surface area contributed by atoms with Gasteiger partial charge in [0.1, 0.15) is 5.82 Å². The van der Waals surface area contributed by atoms with Crippen LogP contribution in [0.4, 0.5) is 5.82 Å². The molecule has 2 fully saturated rings. The van der Waals surface area contributed by atoms with Crippen molar-refractivity contribution in [1.29, 1.82) is 0 Å². The predicted octanol–water partition coefficient (Wildman–Crippen LogP) is 2.58. The fourth-order valence-corrected chi connectivity index (χ4v) is 4.77. The van der Waals surface area contributed by atoms with Gasteiger partial charge < -0.3 is 15.4 Å². The zero-order chi connectivity index (χ0) is 17.1. The first-order valence-corrected chi connectivity index (χ1v) is 8.45. The summed E-state index contributed by atoms with van der Waals surface area (Å²) in [4.78, 5) is 18.9. The minimum atomic E-state index is -0.418. The number of benzene rings is 1. The van der Waals surface area contributed by atoms with Gasteiger partial charge in [-0.1, -0.05) is 32.0 Å². The van der Waals surface area contributed by atoms with Crippen LogP contribution < -0.4 is 10.6 Å². The van der Waals surface area contributed by atoms with Gasteiger partial charge in [-0.3, -0.25) is 4.79 Å². The van der Waals surface area contributed by atoms with Gasteiger partial charge in [0, 0.05) is 36.4 Å². The highest BCUT2D eigenvalue weighted by Gasteiger charge is 2.61. The van der Waals surface area contributed by atoms with Crippen molar-refractivity contribution < 1.29 is 9.53 Å². The van der Waals surface area contributed by atoms with Crippen LogP contribution in [0.15, 0.2) is 30.3 Å². The zero-order valence-electron chi connectivity index (χ0n) is 14.3. The number of nitrogens with zero attached hydrogens (tertiary/aromatic N) is 2. The number of para-hydroxylation sites is 1. The minimum absolute atomic E-state index is 0.0656. The molecule has 0 unspecified atom stereocenters. The highest BCUT2D eigenvalue weighted by Crippen LogP contribution is 2.54. The maximum absolute atomic E-state index is 11.9. The fourth-order valence-electron chi connectivity index (χ4n) is 4.77. The van der Waals surface area contributed by atoms with Crippen LogP contribution in [-0.4, -0.2) is 36.7 Å². The first-order chi connectivity index (χ1) is 11.4. The smallest absolute Gasteiger partial charge is 0.249 e. The molecule has 0 radical (unpaired) electrons. The van der Waals surface area contributed by atoms with Gasteiger partial charge in [-0.05, 0) is 18.6 Å². The third-order valence-electron chi connectivity index (χ3n) is 5.79. The van der Waals surface area contributed by atoms with Crippen LogP contribution in [0.2, 0.25) is 0 Å². The van der Waals surface area contributed by atoms with Crippen LogP contribution in [0.5, 0.6) is 0 Å². The Bertz CT molecular complexity index is 817. The molecule has 1 amide bonds. The average molecular weight is 325 g/mol. The summed E-state index contributed by atoms with van der Waals surface area (Å²) in [5, 5.41) is 0.803. The molecule has 4 rings (SSSR count). The van der Waals surface area contributed by atoms with Crippen molar-refractivity contribution in [2.75, 3.05) is 18.6 Å². The largest absolute Gasteiger partial charge is 0.377 e. The molecule has 1 aromatic carbocycles. The molecule has 126 valence electrons. The van der Waals surface area contributed by atoms with Crippen LogP contribution >= 0.6 is 0 Å². The number of pyridine rings is 1. The predicted molar refractivity (Wildman–Crippen MR) is 94.1 cm³/mol. The third-order valence-corrected chi connectivity index (χ3v) is 5.79. The van der Waals surface area contributed by atoms with Gasteiger partial charge >= 0.3 is 0 Å². The number of ether oxygens (including phenoxy) is 1. The molecule has 2 N–H and O–H groups in total. The van der Waals surface area contributed by atoms with E-state index in [9.17, 15) is 4.79 Å². The number of fused-ring (bicyclic) bond motifs is 2. The lowest BCUT2D eigenvalue weighted by Gasteiger charge is -2.58. The Morgan fingerprint density at radius 3 is 2.88 bits per heavy atom. The molecule has 1 saturated carbocycles. The molecular weight excluding hydrogens is 302 g/mol. The minimum Gasteiger partial charge on any atom is -0.377 e. The van der Waals surface area contributed by atoms with E-state index in [4.69, 9.17) is 15.5 Å². The van der Waals surface area contributed by atoms with Crippen molar-refractivity contribution in [3.63, 3.8) is 0 Å². The molecule has 0 bridgehead atoms. The number of carbonyl (C=O) groups is 1. The van der Waals surface area contributed by atoms with Crippen LogP contribution in [0.3, 0.4) is 0 Å². The van der Waals surface area contributed by atoms with E-state index in [0.717, 1.165) is 29.7 Å². The van der Waals surface area contributed by atoms with E-state index >= 15 is 0 Å². The molecule has 0 spiro atoms. The van der Waals surface area contributed by atoms with Crippen LogP contribution in [-0.2, 0) is 4.74 Å². The van der Waals surface area contributed by atoms with E-state index in [2.05, 4.69) is 25.8 Å². The summed E-state index contributed by atoms with van der Waals surface area (Å²) in [5.74, 6) is 0.902. The third kappa shape index (κ3) is 2.04. The number of nitrogens with two attached hydrogens (primary N) is 1. The highest BCUT2D eigenvalue weighted by atomic mass is 16.5. The second-order valence-electron chi connectivity index (χ2n) is 7.53. The number of carbonyl (C=O) groups excluding carboxylic acids is 1. The number of rotatable bonds is 3. The Labute approximate surface area is 141 Å². The first-order valence-electron chi connectivity index (χ1n) is 8.45. The molecule has 24 heavy (non-hydrogen) atoms. The molecule has 5 heteroatoms. The number of hydrogen-bond donors (Lipinski definition) is 1. The SMILES string of the molecule is CN(c1cc(C(N)=O)c2ccccc2n1)[C@@H]1[C@H]2CCO[C@@H]2C1(C)C. The van der Waals surface area contributed by atoms with Gasteiger partial charge in [0.25, 0.3) is 0 Å². The average Bonchev–Trinajstić information content (AvgIpc) is 2.99. The van der Waals surface area contributed by atoms with E-state index in [0.29, 0.717) is 23.6 Å². The van der Waals surface area contributed by atoms with Gasteiger partial charge in [-0.15, -0.1) is 0 Å². The number of anilines is 1. The van der Waals surface area contributed by atoms with Crippen molar-refractivity contribution in [2.45, 2.75) is 32.4 Å². The van der Waals surface area contributed by atoms with Crippen LogP contribution in [0.25, 0.3) is 10.9 Å². The molecule has 2 aromatic rings. The van der Waals surface area contributed by atoms with Crippen LogP contribution in [0.1, 0.15) is 30.6 Å². The van der Waals surface area contributed by atoms with Gasteiger partial charge in [-0.25, -0.2) is 4.98 Å². The van der Waals surface area contributed by atoms with Crippen LogP contribution in [0, 0.1) is 11.3 Å². The molecule has 5 nitrogen and oxygen atoms in total. The Hall–Kier alpha value is -2.14. The summed E-state index contributed by atoms with van der Waals surface area (Å²) in [6.45, 7) is 5.33. The van der Waals surface area contributed by atoms with E-state index in [1.807, 2.05) is 30.3 Å². The maximum atomic E-state index is 11.9. The number of amides is 1. The summed E-state index contributed by atoms with van der Waals surface area (Å²) in [6, 6.07) is 9.81. The summed E-state index contributed by atoms with van der Waals surface area (Å²) in [5.41, 5.74) is 7.00. The van der Waals surface area contributed by atoms with Crippen molar-refractivity contribution in [2.24, 2.45) is 17.1 Å². The number of aromatic nitrogens is 1. The Morgan fingerprint density at radius 1 is 1.38 bits per heavy atom. The Balaban J connectivity index is 1.77. The van der Waals surface area contributed by atoms with E-state index in [1.165, 1.54) is 0 Å². The van der Waals surface area contributed by atoms with E-state index < -0.39 is 5.91 Å².